The zero-order chi connectivity index (χ0) is 54.7. The van der Waals surface area contributed by atoms with Crippen molar-refractivity contribution >= 4 is 75.5 Å². The summed E-state index contributed by atoms with van der Waals surface area (Å²) in [5.74, 6) is -0.714. The molecule has 1 fully saturated rings. The van der Waals surface area contributed by atoms with E-state index in [4.69, 9.17) is 19.9 Å². The van der Waals surface area contributed by atoms with Crippen LogP contribution in [0.15, 0.2) is 53.5 Å². The molecule has 3 rings (SSSR count). The Morgan fingerprint density at radius 1 is 1.00 bits per heavy atom. The molecule has 9 atom stereocenters. The molecule has 9 unspecified atom stereocenters. The monoisotopic (exact) mass is 1050 g/mol. The van der Waals surface area contributed by atoms with Crippen molar-refractivity contribution in [2.24, 2.45) is 22.7 Å². The summed E-state index contributed by atoms with van der Waals surface area (Å²) in [6, 6.07) is 13.0. The third kappa shape index (κ3) is 21.6. The van der Waals surface area contributed by atoms with Crippen LogP contribution < -0.4 is 21.7 Å². The molecule has 0 radical (unpaired) electrons. The lowest BCUT2D eigenvalue weighted by atomic mass is 9.90. The number of carbonyl (C=O) groups is 5. The SMILES string of the molecule is C=Nc1ccc(N)cc1NCSSC(C)(C)COC=O.CCC.CCC(C)C(C(CC(=O)N1CCCC1C(OC)C(C)C(=O)NC(C)C(O)c1ccccc1)OC)N(C)C(=O)CNC(=O)C(C(C)C)N(C)C. The molecule has 2 aromatic rings. The summed E-state index contributed by atoms with van der Waals surface area (Å²) >= 11 is 0. The summed E-state index contributed by atoms with van der Waals surface area (Å²) in [6.07, 6.45) is 1.45. The second-order valence-corrected chi connectivity index (χ2v) is 22.5. The van der Waals surface area contributed by atoms with Crippen LogP contribution in [-0.4, -0.2) is 159 Å². The number of hydrogen-bond donors (Lipinski definition) is 5. The van der Waals surface area contributed by atoms with Gasteiger partial charge in [-0.2, -0.15) is 0 Å². The fraction of sp³-hybridized carbons (Fsp3) is 0.660. The number of aliphatic imine (C=N–C) groups is 1. The van der Waals surface area contributed by atoms with E-state index in [1.54, 1.807) is 72.6 Å². The van der Waals surface area contributed by atoms with E-state index in [0.29, 0.717) is 43.2 Å². The molecule has 1 aliphatic heterocycles. The second-order valence-electron chi connectivity index (χ2n) is 19.5. The first kappa shape index (κ1) is 65.6. The highest BCUT2D eigenvalue weighted by Gasteiger charge is 2.42. The summed E-state index contributed by atoms with van der Waals surface area (Å²) in [7, 11) is 11.8. The minimum Gasteiger partial charge on any atom is -0.466 e. The molecule has 17 nitrogen and oxygen atoms in total. The van der Waals surface area contributed by atoms with Crippen LogP contribution in [0.5, 0.6) is 0 Å². The summed E-state index contributed by atoms with van der Waals surface area (Å²) in [5, 5.41) is 19.8. The molecule has 4 amide bonds. The Hall–Kier alpha value is -4.40. The molecule has 0 saturated carbocycles. The van der Waals surface area contributed by atoms with E-state index in [0.717, 1.165) is 24.2 Å². The number of hydrogen-bond acceptors (Lipinski definition) is 15. The molecule has 408 valence electrons. The number of anilines is 2. The first-order chi connectivity index (χ1) is 34.0. The number of rotatable bonds is 28. The van der Waals surface area contributed by atoms with E-state index < -0.39 is 36.3 Å². The van der Waals surface area contributed by atoms with Crippen LogP contribution in [0, 0.1) is 17.8 Å². The molecular formula is C53H90N8O9S2. The molecule has 19 heteroatoms. The summed E-state index contributed by atoms with van der Waals surface area (Å²) < 4.78 is 16.5. The fourth-order valence-electron chi connectivity index (χ4n) is 8.61. The van der Waals surface area contributed by atoms with Gasteiger partial charge in [0.05, 0.1) is 83.4 Å². The first-order valence-electron chi connectivity index (χ1n) is 25.0. The van der Waals surface area contributed by atoms with Crippen molar-refractivity contribution in [3.63, 3.8) is 0 Å². The maximum atomic E-state index is 14.0. The van der Waals surface area contributed by atoms with Crippen molar-refractivity contribution in [1.29, 1.82) is 0 Å². The lowest BCUT2D eigenvalue weighted by molar-refractivity contribution is -0.146. The van der Waals surface area contributed by atoms with Gasteiger partial charge >= 0.3 is 0 Å². The van der Waals surface area contributed by atoms with Gasteiger partial charge in [-0.1, -0.05) is 113 Å². The number of nitrogens with one attached hydrogen (secondary N) is 3. The smallest absolute Gasteiger partial charge is 0.293 e. The predicted octanol–water partition coefficient (Wildman–Crippen LogP) is 7.57. The molecule has 72 heavy (non-hydrogen) atoms. The van der Waals surface area contributed by atoms with Crippen molar-refractivity contribution in [2.45, 2.75) is 149 Å². The van der Waals surface area contributed by atoms with E-state index in [2.05, 4.69) is 41.5 Å². The Balaban J connectivity index is 0.000000932. The van der Waals surface area contributed by atoms with E-state index in [9.17, 15) is 29.1 Å². The van der Waals surface area contributed by atoms with E-state index >= 15 is 0 Å². The van der Waals surface area contributed by atoms with Crippen LogP contribution in [0.2, 0.25) is 0 Å². The number of ether oxygens (including phenoxy) is 3. The second kappa shape index (κ2) is 34.2. The molecule has 0 bridgehead atoms. The van der Waals surface area contributed by atoms with Crippen LogP contribution in [0.4, 0.5) is 17.1 Å². The highest BCUT2D eigenvalue weighted by atomic mass is 33.1. The quantitative estimate of drug-likeness (QED) is 0.0139. The lowest BCUT2D eigenvalue weighted by Gasteiger charge is -2.39. The number of methoxy groups -OCH3 is 2. The summed E-state index contributed by atoms with van der Waals surface area (Å²) in [5.41, 5.74) is 8.76. The van der Waals surface area contributed by atoms with Crippen LogP contribution in [0.25, 0.3) is 0 Å². The number of aliphatic hydroxyl groups is 1. The third-order valence-corrected chi connectivity index (χ3v) is 15.5. The maximum absolute atomic E-state index is 14.0. The lowest BCUT2D eigenvalue weighted by Crippen LogP contribution is -2.55. The molecule has 0 aliphatic carbocycles. The van der Waals surface area contributed by atoms with E-state index in [1.165, 1.54) is 6.42 Å². The van der Waals surface area contributed by atoms with Gasteiger partial charge < -0.3 is 50.8 Å². The molecular weight excluding hydrogens is 957 g/mol. The minimum absolute atomic E-state index is 0.00522. The number of aliphatic hydroxyl groups excluding tert-OH is 1. The fourth-order valence-corrected chi connectivity index (χ4v) is 10.8. The molecule has 1 heterocycles. The molecule has 1 saturated heterocycles. The average Bonchev–Trinajstić information content (AvgIpc) is 3.83. The standard InChI is InChI=1S/C37H63N5O7.C13H19N3O2S2.C3H8/c1-12-24(4)33(41(9)31(44)22-38-37(47)32(23(2)3)40(7)8)29(48-10)21-30(43)42-20-16-19-28(42)35(49-11)25(5)36(46)39-26(6)34(45)27-17-14-13-15-18-27;1-13(2,7-18-9-17)20-19-8-16-12-6-10(14)4-5-11(12)15-3;1-3-2/h13-15,17-18,23-26,28-29,32-35,45H,12,16,19-22H2,1-11H3,(H,38,47)(H,39,46);4-6,9,16H,3,7-8,14H2,1-2H3;3H2,1-2H3. The minimum atomic E-state index is -0.872. The molecule has 1 aliphatic rings. The Labute approximate surface area is 439 Å². The van der Waals surface area contributed by atoms with Gasteiger partial charge in [-0.25, -0.2) is 0 Å². The number of carbonyl (C=O) groups excluding carboxylic acids is 5. The third-order valence-electron chi connectivity index (χ3n) is 12.5. The number of likely N-dealkylation sites (N-methyl/N-ethyl adjacent to an activating group) is 2. The average molecular weight is 1050 g/mol. The normalized spacial score (nSPS) is 16.8. The van der Waals surface area contributed by atoms with Gasteiger partial charge in [0.15, 0.2) is 0 Å². The molecule has 0 spiro atoms. The van der Waals surface area contributed by atoms with Gasteiger partial charge in [0.2, 0.25) is 23.6 Å². The van der Waals surface area contributed by atoms with Gasteiger partial charge in [-0.3, -0.25) is 33.9 Å². The van der Waals surface area contributed by atoms with Gasteiger partial charge in [0.1, 0.15) is 6.61 Å². The highest BCUT2D eigenvalue weighted by Crippen LogP contribution is 2.37. The van der Waals surface area contributed by atoms with Crippen LogP contribution in [0.1, 0.15) is 113 Å². The van der Waals surface area contributed by atoms with Crippen molar-refractivity contribution in [1.82, 2.24) is 25.3 Å². The van der Waals surface area contributed by atoms with Gasteiger partial charge in [-0.05, 0) is 90.0 Å². The van der Waals surface area contributed by atoms with Crippen LogP contribution >= 0.6 is 21.6 Å². The van der Waals surface area contributed by atoms with E-state index in [-0.39, 0.29) is 65.3 Å². The summed E-state index contributed by atoms with van der Waals surface area (Å²) in [6.45, 7) is 24.6. The first-order valence-corrected chi connectivity index (χ1v) is 27.4. The molecule has 6 N–H and O–H groups in total. The Kier molecular flexibility index (Phi) is 31.1. The maximum Gasteiger partial charge on any atom is 0.293 e. The Morgan fingerprint density at radius 2 is 1.64 bits per heavy atom. The van der Waals surface area contributed by atoms with Crippen molar-refractivity contribution < 1.29 is 43.3 Å². The predicted molar refractivity (Wildman–Crippen MR) is 296 cm³/mol. The van der Waals surface area contributed by atoms with Gasteiger partial charge in [0, 0.05) is 33.5 Å². The van der Waals surface area contributed by atoms with Gasteiger partial charge in [0.25, 0.3) is 6.47 Å². The zero-order valence-electron chi connectivity index (χ0n) is 45.9. The Bertz CT molecular complexity index is 1920. The highest BCUT2D eigenvalue weighted by molar-refractivity contribution is 8.77. The number of nitrogen functional groups attached to an aromatic ring is 1. The zero-order valence-corrected chi connectivity index (χ0v) is 47.6. The largest absolute Gasteiger partial charge is 0.466 e. The topological polar surface area (TPSA) is 217 Å². The van der Waals surface area contributed by atoms with Crippen LogP contribution in [0.3, 0.4) is 0 Å². The molecule has 0 aromatic heterocycles. The van der Waals surface area contributed by atoms with Gasteiger partial charge in [-0.15, -0.1) is 0 Å². The number of nitrogens with two attached hydrogens (primary N) is 1. The number of nitrogens with zero attached hydrogens (tertiary/aromatic N) is 4. The number of benzene rings is 2. The number of amides is 4. The number of likely N-dealkylation sites (tertiary alicyclic amines) is 1. The summed E-state index contributed by atoms with van der Waals surface area (Å²) in [4.78, 5) is 73.0. The molecule has 2 aromatic carbocycles. The van der Waals surface area contributed by atoms with Crippen LogP contribution in [-0.2, 0) is 38.2 Å². The van der Waals surface area contributed by atoms with Crippen molar-refractivity contribution in [2.75, 3.05) is 72.0 Å². The Morgan fingerprint density at radius 3 is 2.18 bits per heavy atom. The van der Waals surface area contributed by atoms with E-state index in [1.807, 2.05) is 103 Å². The van der Waals surface area contributed by atoms with Crippen molar-refractivity contribution in [3.8, 4) is 0 Å². The van der Waals surface area contributed by atoms with Crippen molar-refractivity contribution in [3.05, 3.63) is 54.1 Å².